The third kappa shape index (κ3) is 3.31. The zero-order valence-electron chi connectivity index (χ0n) is 15.0. The number of aryl methyl sites for hydroxylation is 1. The normalized spacial score (nSPS) is 14.4. The molecule has 0 radical (unpaired) electrons. The maximum Gasteiger partial charge on any atom is 0.417 e. The number of rotatable bonds is 2. The van der Waals surface area contributed by atoms with E-state index in [2.05, 4.69) is 10.4 Å². The number of fused-ring (bicyclic) bond motifs is 1. The van der Waals surface area contributed by atoms with Crippen LogP contribution in [-0.2, 0) is 12.6 Å². The minimum Gasteiger partial charge on any atom is -0.370 e. The third-order valence-electron chi connectivity index (χ3n) is 4.90. The molecule has 2 aromatic carbocycles. The van der Waals surface area contributed by atoms with Gasteiger partial charge in [-0.1, -0.05) is 35.9 Å². The molecule has 1 aliphatic rings. The van der Waals surface area contributed by atoms with Crippen molar-refractivity contribution in [3.05, 3.63) is 65.2 Å². The van der Waals surface area contributed by atoms with E-state index in [1.165, 1.54) is 12.1 Å². The highest BCUT2D eigenvalue weighted by Gasteiger charge is 2.35. The zero-order chi connectivity index (χ0) is 19.0. The quantitative estimate of drug-likeness (QED) is 0.634. The lowest BCUT2D eigenvalue weighted by atomic mass is 9.99. The van der Waals surface area contributed by atoms with Gasteiger partial charge in [-0.3, -0.25) is 0 Å². The molecule has 0 atom stereocenters. The molecule has 0 unspecified atom stereocenters. The van der Waals surface area contributed by atoms with E-state index in [0.29, 0.717) is 12.1 Å². The summed E-state index contributed by atoms with van der Waals surface area (Å²) in [6.07, 6.45) is -1.82. The van der Waals surface area contributed by atoms with Gasteiger partial charge in [0.1, 0.15) is 5.82 Å². The van der Waals surface area contributed by atoms with Crippen molar-refractivity contribution in [2.75, 3.05) is 11.9 Å². The van der Waals surface area contributed by atoms with Crippen LogP contribution in [0.1, 0.15) is 29.5 Å². The Bertz CT molecular complexity index is 956. The smallest absolute Gasteiger partial charge is 0.370 e. The number of nitrogens with zero attached hydrogens (tertiary/aromatic N) is 2. The van der Waals surface area contributed by atoms with Gasteiger partial charge in [-0.25, -0.2) is 4.68 Å². The van der Waals surface area contributed by atoms with Crippen LogP contribution in [0.2, 0.25) is 0 Å². The third-order valence-corrected chi connectivity index (χ3v) is 4.90. The van der Waals surface area contributed by atoms with Gasteiger partial charge < -0.3 is 5.32 Å². The second-order valence-electron chi connectivity index (χ2n) is 6.85. The van der Waals surface area contributed by atoms with E-state index in [-0.39, 0.29) is 5.56 Å². The molecule has 2 heterocycles. The van der Waals surface area contributed by atoms with E-state index in [1.807, 2.05) is 31.2 Å². The van der Waals surface area contributed by atoms with E-state index in [4.69, 9.17) is 0 Å². The topological polar surface area (TPSA) is 29.9 Å². The van der Waals surface area contributed by atoms with Crippen LogP contribution >= 0.6 is 0 Å². The molecule has 0 aliphatic carbocycles. The van der Waals surface area contributed by atoms with Gasteiger partial charge in [0.15, 0.2) is 0 Å². The van der Waals surface area contributed by atoms with Crippen molar-refractivity contribution in [3.8, 4) is 16.9 Å². The minimum atomic E-state index is -4.42. The standard InChI is InChI=1S/C21H20F3N3/c1-14-9-11-15(12-10-14)27-20-17(7-4-5-13-25-20)19(26-27)16-6-2-3-8-18(16)21(22,23)24/h2-3,6,8-12,25H,4-5,7,13H2,1H3. The van der Waals surface area contributed by atoms with Crippen molar-refractivity contribution >= 4 is 5.82 Å². The molecule has 1 N–H and O–H groups in total. The van der Waals surface area contributed by atoms with E-state index < -0.39 is 11.7 Å². The molecule has 140 valence electrons. The number of hydrogen-bond acceptors (Lipinski definition) is 2. The Labute approximate surface area is 155 Å². The average molecular weight is 371 g/mol. The van der Waals surface area contributed by atoms with Crippen LogP contribution in [0.5, 0.6) is 0 Å². The second kappa shape index (κ2) is 6.76. The van der Waals surface area contributed by atoms with E-state index >= 15 is 0 Å². The van der Waals surface area contributed by atoms with Crippen LogP contribution in [0.3, 0.4) is 0 Å². The van der Waals surface area contributed by atoms with Gasteiger partial charge in [-0.2, -0.15) is 18.3 Å². The fraction of sp³-hybridized carbons (Fsp3) is 0.286. The van der Waals surface area contributed by atoms with Crippen molar-refractivity contribution in [2.24, 2.45) is 0 Å². The molecule has 27 heavy (non-hydrogen) atoms. The zero-order valence-corrected chi connectivity index (χ0v) is 15.0. The summed E-state index contributed by atoms with van der Waals surface area (Å²) in [7, 11) is 0. The molecule has 0 saturated carbocycles. The van der Waals surface area contributed by atoms with Crippen LogP contribution in [0.15, 0.2) is 48.5 Å². The van der Waals surface area contributed by atoms with Gasteiger partial charge in [-0.05, 0) is 44.4 Å². The first kappa shape index (κ1) is 17.6. The monoisotopic (exact) mass is 371 g/mol. The molecule has 0 spiro atoms. The Kier molecular flexibility index (Phi) is 4.42. The molecule has 0 bridgehead atoms. The molecule has 0 fully saturated rings. The molecule has 6 heteroatoms. The molecular formula is C21H20F3N3. The number of nitrogens with one attached hydrogen (secondary N) is 1. The fourth-order valence-corrected chi connectivity index (χ4v) is 3.53. The highest BCUT2D eigenvalue weighted by atomic mass is 19.4. The Hall–Kier alpha value is -2.76. The van der Waals surface area contributed by atoms with Crippen LogP contribution in [0.25, 0.3) is 16.9 Å². The summed E-state index contributed by atoms with van der Waals surface area (Å²) in [4.78, 5) is 0. The van der Waals surface area contributed by atoms with Crippen LogP contribution in [-0.4, -0.2) is 16.3 Å². The number of aromatic nitrogens is 2. The van der Waals surface area contributed by atoms with Gasteiger partial charge in [0.05, 0.1) is 16.9 Å². The molecule has 0 saturated heterocycles. The number of halogens is 3. The Morgan fingerprint density at radius 1 is 1.00 bits per heavy atom. The Morgan fingerprint density at radius 3 is 2.48 bits per heavy atom. The Balaban J connectivity index is 1.94. The summed E-state index contributed by atoms with van der Waals surface area (Å²) in [5.41, 5.74) is 2.70. The number of hydrogen-bond donors (Lipinski definition) is 1. The first-order chi connectivity index (χ1) is 12.9. The lowest BCUT2D eigenvalue weighted by Crippen LogP contribution is -2.08. The first-order valence-electron chi connectivity index (χ1n) is 9.04. The minimum absolute atomic E-state index is 0.135. The highest BCUT2D eigenvalue weighted by Crippen LogP contribution is 2.40. The lowest BCUT2D eigenvalue weighted by molar-refractivity contribution is -0.137. The molecule has 1 aromatic heterocycles. The summed E-state index contributed by atoms with van der Waals surface area (Å²) in [6, 6.07) is 13.5. The number of anilines is 1. The summed E-state index contributed by atoms with van der Waals surface area (Å²) in [6.45, 7) is 2.78. The maximum absolute atomic E-state index is 13.6. The van der Waals surface area contributed by atoms with Crippen LogP contribution in [0.4, 0.5) is 19.0 Å². The Morgan fingerprint density at radius 2 is 1.74 bits per heavy atom. The second-order valence-corrected chi connectivity index (χ2v) is 6.85. The van der Waals surface area contributed by atoms with Gasteiger partial charge in [-0.15, -0.1) is 0 Å². The summed E-state index contributed by atoms with van der Waals surface area (Å²) >= 11 is 0. The van der Waals surface area contributed by atoms with Gasteiger partial charge in [0, 0.05) is 17.7 Å². The van der Waals surface area contributed by atoms with Crippen LogP contribution < -0.4 is 5.32 Å². The van der Waals surface area contributed by atoms with Gasteiger partial charge in [0.25, 0.3) is 0 Å². The van der Waals surface area contributed by atoms with E-state index in [0.717, 1.165) is 48.1 Å². The molecule has 3 nitrogen and oxygen atoms in total. The largest absolute Gasteiger partial charge is 0.417 e. The van der Waals surface area contributed by atoms with E-state index in [9.17, 15) is 13.2 Å². The van der Waals surface area contributed by atoms with Crippen molar-refractivity contribution in [1.82, 2.24) is 9.78 Å². The van der Waals surface area contributed by atoms with Gasteiger partial charge in [0.2, 0.25) is 0 Å². The summed E-state index contributed by atoms with van der Waals surface area (Å²) in [5, 5.41) is 8.01. The first-order valence-corrected chi connectivity index (χ1v) is 9.04. The average Bonchev–Trinajstić information content (AvgIpc) is 2.83. The molecular weight excluding hydrogens is 351 g/mol. The highest BCUT2D eigenvalue weighted by molar-refractivity contribution is 5.74. The molecule has 0 amide bonds. The van der Waals surface area contributed by atoms with Crippen LogP contribution in [0, 0.1) is 6.92 Å². The number of benzene rings is 2. The maximum atomic E-state index is 13.6. The molecule has 3 aromatic rings. The van der Waals surface area contributed by atoms with E-state index in [1.54, 1.807) is 10.7 Å². The van der Waals surface area contributed by atoms with Crippen molar-refractivity contribution < 1.29 is 13.2 Å². The van der Waals surface area contributed by atoms with Crippen molar-refractivity contribution in [1.29, 1.82) is 0 Å². The van der Waals surface area contributed by atoms with Crippen molar-refractivity contribution in [3.63, 3.8) is 0 Å². The fourth-order valence-electron chi connectivity index (χ4n) is 3.53. The molecule has 4 rings (SSSR count). The summed E-state index contributed by atoms with van der Waals surface area (Å²) in [5.74, 6) is 0.795. The van der Waals surface area contributed by atoms with Gasteiger partial charge >= 0.3 is 6.18 Å². The molecule has 1 aliphatic heterocycles. The number of alkyl halides is 3. The predicted octanol–water partition coefficient (Wildman–Crippen LogP) is 5.61. The lowest BCUT2D eigenvalue weighted by Gasteiger charge is -2.12. The van der Waals surface area contributed by atoms with Crippen molar-refractivity contribution in [2.45, 2.75) is 32.4 Å². The predicted molar refractivity (Wildman–Crippen MR) is 100 cm³/mol. The SMILES string of the molecule is Cc1ccc(-n2nc(-c3ccccc3C(F)(F)F)c3c2NCCCC3)cc1. The summed E-state index contributed by atoms with van der Waals surface area (Å²) < 4.78 is 42.4.